The fourth-order valence-electron chi connectivity index (χ4n) is 1.79. The maximum absolute atomic E-state index is 11.7. The van der Waals surface area contributed by atoms with E-state index in [1.807, 2.05) is 0 Å². The SMILES string of the molecule is O=C(NCc1ccc(Cl)cc1)C(=O)N/N=C/c1ccc(C(=O)O)cc1. The van der Waals surface area contributed by atoms with Crippen LogP contribution in [0.4, 0.5) is 0 Å². The molecule has 2 aromatic carbocycles. The monoisotopic (exact) mass is 359 g/mol. The Morgan fingerprint density at radius 3 is 2.24 bits per heavy atom. The number of halogens is 1. The molecule has 128 valence electrons. The van der Waals surface area contributed by atoms with Crippen molar-refractivity contribution in [2.45, 2.75) is 6.54 Å². The molecule has 2 rings (SSSR count). The molecule has 0 bridgehead atoms. The van der Waals surface area contributed by atoms with Gasteiger partial charge in [-0.2, -0.15) is 5.10 Å². The zero-order chi connectivity index (χ0) is 18.2. The Morgan fingerprint density at radius 2 is 1.64 bits per heavy atom. The molecular weight excluding hydrogens is 346 g/mol. The third-order valence-electron chi connectivity index (χ3n) is 3.11. The lowest BCUT2D eigenvalue weighted by atomic mass is 10.1. The Labute approximate surface area is 148 Å². The summed E-state index contributed by atoms with van der Waals surface area (Å²) >= 11 is 5.76. The molecule has 0 radical (unpaired) electrons. The Bertz CT molecular complexity index is 802. The van der Waals surface area contributed by atoms with Crippen molar-refractivity contribution in [3.63, 3.8) is 0 Å². The molecule has 3 N–H and O–H groups in total. The van der Waals surface area contributed by atoms with Crippen molar-refractivity contribution in [2.24, 2.45) is 5.10 Å². The number of nitrogens with zero attached hydrogens (tertiary/aromatic N) is 1. The van der Waals surface area contributed by atoms with E-state index < -0.39 is 17.8 Å². The standard InChI is InChI=1S/C17H14ClN3O4/c18-14-7-3-11(4-8-14)9-19-15(22)16(23)21-20-10-12-1-5-13(6-2-12)17(24)25/h1-8,10H,9H2,(H,19,22)(H,21,23)(H,24,25)/b20-10+. The van der Waals surface area contributed by atoms with Crippen molar-refractivity contribution in [3.05, 3.63) is 70.2 Å². The van der Waals surface area contributed by atoms with Crippen molar-refractivity contribution in [3.8, 4) is 0 Å². The molecule has 7 nitrogen and oxygen atoms in total. The van der Waals surface area contributed by atoms with Crippen molar-refractivity contribution in [2.75, 3.05) is 0 Å². The average Bonchev–Trinajstić information content (AvgIpc) is 2.61. The van der Waals surface area contributed by atoms with Crippen LogP contribution in [0, 0.1) is 0 Å². The van der Waals surface area contributed by atoms with Crippen LogP contribution in [-0.4, -0.2) is 29.1 Å². The minimum absolute atomic E-state index is 0.141. The highest BCUT2D eigenvalue weighted by atomic mass is 35.5. The summed E-state index contributed by atoms with van der Waals surface area (Å²) in [5, 5.41) is 15.5. The van der Waals surface area contributed by atoms with Crippen molar-refractivity contribution >= 4 is 35.6 Å². The van der Waals surface area contributed by atoms with Gasteiger partial charge in [-0.25, -0.2) is 10.2 Å². The number of carboxylic acids is 1. The van der Waals surface area contributed by atoms with Crippen LogP contribution in [0.25, 0.3) is 0 Å². The molecule has 2 aromatic rings. The first kappa shape index (κ1) is 18.2. The third-order valence-corrected chi connectivity index (χ3v) is 3.36. The number of carboxylic acid groups (broad SMARTS) is 1. The molecule has 0 heterocycles. The second-order valence-corrected chi connectivity index (χ2v) is 5.37. The molecular formula is C17H14ClN3O4. The van der Waals surface area contributed by atoms with Gasteiger partial charge in [0.2, 0.25) is 0 Å². The molecule has 8 heteroatoms. The predicted molar refractivity (Wildman–Crippen MR) is 92.4 cm³/mol. The van der Waals surface area contributed by atoms with Crippen molar-refractivity contribution in [1.29, 1.82) is 0 Å². The number of hydrogen-bond donors (Lipinski definition) is 3. The highest BCUT2D eigenvalue weighted by Gasteiger charge is 2.11. The van der Waals surface area contributed by atoms with Gasteiger partial charge in [0.25, 0.3) is 0 Å². The second kappa shape index (κ2) is 8.60. The zero-order valence-electron chi connectivity index (χ0n) is 12.9. The van der Waals surface area contributed by atoms with Crippen molar-refractivity contribution in [1.82, 2.24) is 10.7 Å². The smallest absolute Gasteiger partial charge is 0.335 e. The van der Waals surface area contributed by atoms with Gasteiger partial charge in [0.15, 0.2) is 0 Å². The minimum Gasteiger partial charge on any atom is -0.478 e. The highest BCUT2D eigenvalue weighted by Crippen LogP contribution is 2.09. The molecule has 0 fully saturated rings. The minimum atomic E-state index is -1.03. The predicted octanol–water partition coefficient (Wildman–Crippen LogP) is 1.80. The van der Waals surface area contributed by atoms with Crippen molar-refractivity contribution < 1.29 is 19.5 Å². The number of hydrogen-bond acceptors (Lipinski definition) is 4. The van der Waals surface area contributed by atoms with Crippen LogP contribution in [0.1, 0.15) is 21.5 Å². The van der Waals surface area contributed by atoms with E-state index in [1.165, 1.54) is 30.5 Å². The first-order valence-corrected chi connectivity index (χ1v) is 7.52. The summed E-state index contributed by atoms with van der Waals surface area (Å²) in [7, 11) is 0. The van der Waals surface area contributed by atoms with E-state index in [0.29, 0.717) is 10.6 Å². The molecule has 2 amide bonds. The average molecular weight is 360 g/mol. The lowest BCUT2D eigenvalue weighted by Crippen LogP contribution is -2.37. The van der Waals surface area contributed by atoms with Crippen LogP contribution < -0.4 is 10.7 Å². The first-order valence-electron chi connectivity index (χ1n) is 7.15. The van der Waals surface area contributed by atoms with E-state index in [4.69, 9.17) is 16.7 Å². The van der Waals surface area contributed by atoms with Gasteiger partial charge in [-0.15, -0.1) is 0 Å². The maximum Gasteiger partial charge on any atom is 0.335 e. The number of rotatable bonds is 5. The lowest BCUT2D eigenvalue weighted by molar-refractivity contribution is -0.139. The van der Waals surface area contributed by atoms with Crippen LogP contribution >= 0.6 is 11.6 Å². The summed E-state index contributed by atoms with van der Waals surface area (Å²) in [4.78, 5) is 34.0. The van der Waals surface area contributed by atoms with E-state index in [9.17, 15) is 14.4 Å². The molecule has 25 heavy (non-hydrogen) atoms. The Balaban J connectivity index is 1.81. The van der Waals surface area contributed by atoms with Crippen LogP contribution in [0.3, 0.4) is 0 Å². The summed E-state index contributed by atoms with van der Waals surface area (Å²) in [6, 6.07) is 12.7. The fraction of sp³-hybridized carbons (Fsp3) is 0.0588. The first-order chi connectivity index (χ1) is 12.0. The Hall–Kier alpha value is -3.19. The quantitative estimate of drug-likeness (QED) is 0.429. The van der Waals surface area contributed by atoms with E-state index in [-0.39, 0.29) is 12.1 Å². The van der Waals surface area contributed by atoms with E-state index >= 15 is 0 Å². The van der Waals surface area contributed by atoms with Crippen LogP contribution in [-0.2, 0) is 16.1 Å². The van der Waals surface area contributed by atoms with Crippen LogP contribution in [0.5, 0.6) is 0 Å². The molecule has 0 aliphatic heterocycles. The van der Waals surface area contributed by atoms with Gasteiger partial charge in [-0.05, 0) is 35.4 Å². The van der Waals surface area contributed by atoms with Gasteiger partial charge in [0, 0.05) is 11.6 Å². The number of amides is 2. The highest BCUT2D eigenvalue weighted by molar-refractivity contribution is 6.35. The molecule has 0 aromatic heterocycles. The van der Waals surface area contributed by atoms with E-state index in [0.717, 1.165) is 5.56 Å². The molecule has 0 unspecified atom stereocenters. The number of carbonyl (C=O) groups is 3. The van der Waals surface area contributed by atoms with Crippen LogP contribution in [0.2, 0.25) is 5.02 Å². The van der Waals surface area contributed by atoms with Gasteiger partial charge in [0.05, 0.1) is 11.8 Å². The Kier molecular flexibility index (Phi) is 6.25. The molecule has 0 atom stereocenters. The van der Waals surface area contributed by atoms with E-state index in [1.54, 1.807) is 24.3 Å². The van der Waals surface area contributed by atoms with Gasteiger partial charge in [-0.1, -0.05) is 35.9 Å². The van der Waals surface area contributed by atoms with Gasteiger partial charge < -0.3 is 10.4 Å². The molecule has 0 aliphatic rings. The maximum atomic E-state index is 11.7. The zero-order valence-corrected chi connectivity index (χ0v) is 13.7. The molecule has 0 spiro atoms. The molecule has 0 aliphatic carbocycles. The summed E-state index contributed by atoms with van der Waals surface area (Å²) in [6.07, 6.45) is 1.30. The number of aromatic carboxylic acids is 1. The second-order valence-electron chi connectivity index (χ2n) is 4.94. The van der Waals surface area contributed by atoms with Gasteiger partial charge >= 0.3 is 17.8 Å². The summed E-state index contributed by atoms with van der Waals surface area (Å²) < 4.78 is 0. The summed E-state index contributed by atoms with van der Waals surface area (Å²) in [5.41, 5.74) is 3.61. The van der Waals surface area contributed by atoms with E-state index in [2.05, 4.69) is 15.8 Å². The number of benzene rings is 2. The lowest BCUT2D eigenvalue weighted by Gasteiger charge is -2.04. The summed E-state index contributed by atoms with van der Waals surface area (Å²) in [6.45, 7) is 0.184. The Morgan fingerprint density at radius 1 is 1.00 bits per heavy atom. The summed E-state index contributed by atoms with van der Waals surface area (Å²) in [5.74, 6) is -2.77. The number of carbonyl (C=O) groups excluding carboxylic acids is 2. The number of hydrazone groups is 1. The molecule has 0 saturated carbocycles. The van der Waals surface area contributed by atoms with Gasteiger partial charge in [-0.3, -0.25) is 9.59 Å². The largest absolute Gasteiger partial charge is 0.478 e. The normalized spacial score (nSPS) is 10.4. The topological polar surface area (TPSA) is 108 Å². The third kappa shape index (κ3) is 5.74. The van der Waals surface area contributed by atoms with Crippen LogP contribution in [0.15, 0.2) is 53.6 Å². The van der Waals surface area contributed by atoms with Gasteiger partial charge in [0.1, 0.15) is 0 Å². The number of nitrogens with one attached hydrogen (secondary N) is 2. The fourth-order valence-corrected chi connectivity index (χ4v) is 1.92. The molecule has 0 saturated heterocycles.